The van der Waals surface area contributed by atoms with Crippen LogP contribution >= 0.6 is 31.9 Å². The van der Waals surface area contributed by atoms with E-state index in [2.05, 4.69) is 36.7 Å². The van der Waals surface area contributed by atoms with Crippen LogP contribution in [0.5, 0.6) is 0 Å². The fourth-order valence-electron chi connectivity index (χ4n) is 0.696. The molecular formula is C8H5Br2N. The lowest BCUT2D eigenvalue weighted by atomic mass is 10.2. The van der Waals surface area contributed by atoms with Crippen molar-refractivity contribution in [2.24, 2.45) is 0 Å². The first-order valence-corrected chi connectivity index (χ1v) is 4.57. The van der Waals surface area contributed by atoms with Crippen LogP contribution in [-0.2, 0) is 0 Å². The molecule has 0 amide bonds. The molecule has 0 bridgehead atoms. The topological polar surface area (TPSA) is 4.36 Å². The molecule has 0 unspecified atom stereocenters. The molecule has 1 aromatic rings. The Morgan fingerprint density at radius 1 is 1.27 bits per heavy atom. The highest BCUT2D eigenvalue weighted by atomic mass is 79.9. The molecule has 0 aliphatic heterocycles. The predicted molar refractivity (Wildman–Crippen MR) is 52.8 cm³/mol. The normalized spacial score (nSPS) is 9.27. The largest absolute Gasteiger partial charge is 0.238 e. The van der Waals surface area contributed by atoms with Gasteiger partial charge in [0.1, 0.15) is 0 Å². The van der Waals surface area contributed by atoms with Crippen LogP contribution in [0, 0.1) is 13.5 Å². The van der Waals surface area contributed by atoms with Crippen molar-refractivity contribution in [3.63, 3.8) is 0 Å². The van der Waals surface area contributed by atoms with E-state index in [0.29, 0.717) is 5.69 Å². The number of hydrogen-bond donors (Lipinski definition) is 0. The van der Waals surface area contributed by atoms with E-state index in [1.54, 1.807) is 0 Å². The summed E-state index contributed by atoms with van der Waals surface area (Å²) in [5.41, 5.74) is 1.77. The Hall–Kier alpha value is -0.330. The van der Waals surface area contributed by atoms with Crippen LogP contribution < -0.4 is 0 Å². The van der Waals surface area contributed by atoms with Crippen molar-refractivity contribution >= 4 is 37.5 Å². The van der Waals surface area contributed by atoms with E-state index in [0.717, 1.165) is 14.5 Å². The summed E-state index contributed by atoms with van der Waals surface area (Å²) in [4.78, 5) is 3.32. The minimum absolute atomic E-state index is 0.648. The first-order valence-electron chi connectivity index (χ1n) is 2.98. The molecule has 11 heavy (non-hydrogen) atoms. The van der Waals surface area contributed by atoms with Gasteiger partial charge in [-0.2, -0.15) is 0 Å². The molecular weight excluding hydrogens is 270 g/mol. The first-order chi connectivity index (χ1) is 5.15. The summed E-state index contributed by atoms with van der Waals surface area (Å²) in [5, 5.41) is 0. The summed E-state index contributed by atoms with van der Waals surface area (Å²) in [6.07, 6.45) is 0. The van der Waals surface area contributed by atoms with Gasteiger partial charge in [0, 0.05) is 8.95 Å². The van der Waals surface area contributed by atoms with Crippen molar-refractivity contribution in [2.45, 2.75) is 6.92 Å². The minimum atomic E-state index is 0.648. The second kappa shape index (κ2) is 3.38. The molecule has 56 valence electrons. The third kappa shape index (κ3) is 1.82. The molecule has 3 heteroatoms. The monoisotopic (exact) mass is 273 g/mol. The van der Waals surface area contributed by atoms with Gasteiger partial charge >= 0.3 is 0 Å². The van der Waals surface area contributed by atoms with Crippen molar-refractivity contribution in [3.8, 4) is 0 Å². The summed E-state index contributed by atoms with van der Waals surface area (Å²) < 4.78 is 1.94. The van der Waals surface area contributed by atoms with E-state index in [-0.39, 0.29) is 0 Å². The van der Waals surface area contributed by atoms with Crippen LogP contribution in [0.4, 0.5) is 5.69 Å². The Bertz CT molecular complexity index is 302. The summed E-state index contributed by atoms with van der Waals surface area (Å²) in [7, 11) is 0. The van der Waals surface area contributed by atoms with E-state index < -0.39 is 0 Å². The van der Waals surface area contributed by atoms with Gasteiger partial charge in [-0.1, -0.05) is 31.9 Å². The van der Waals surface area contributed by atoms with Crippen LogP contribution in [0.15, 0.2) is 21.1 Å². The molecule has 0 aliphatic carbocycles. The SMILES string of the molecule is [C-]#[N+]c1cc(Br)c(C)c(Br)c1. The first kappa shape index (κ1) is 8.76. The summed E-state index contributed by atoms with van der Waals surface area (Å²) in [5.74, 6) is 0. The van der Waals surface area contributed by atoms with E-state index in [4.69, 9.17) is 6.57 Å². The van der Waals surface area contributed by atoms with E-state index in [1.807, 2.05) is 19.1 Å². The summed E-state index contributed by atoms with van der Waals surface area (Å²) in [6, 6.07) is 3.63. The number of benzene rings is 1. The molecule has 1 rings (SSSR count). The van der Waals surface area contributed by atoms with Crippen LogP contribution in [0.25, 0.3) is 4.85 Å². The standard InChI is InChI=1S/C8H5Br2N/c1-5-7(9)3-6(11-2)4-8(5)10/h3-4H,1H3. The van der Waals surface area contributed by atoms with Gasteiger partial charge in [0.25, 0.3) is 0 Å². The number of nitrogens with zero attached hydrogens (tertiary/aromatic N) is 1. The predicted octanol–water partition coefficient (Wildman–Crippen LogP) is 4.07. The van der Waals surface area contributed by atoms with E-state index in [9.17, 15) is 0 Å². The van der Waals surface area contributed by atoms with Crippen molar-refractivity contribution in [1.82, 2.24) is 0 Å². The van der Waals surface area contributed by atoms with Crippen molar-refractivity contribution in [3.05, 3.63) is 38.1 Å². The zero-order valence-corrected chi connectivity index (χ0v) is 9.03. The van der Waals surface area contributed by atoms with Gasteiger partial charge in [0.2, 0.25) is 0 Å². The third-order valence-corrected chi connectivity index (χ3v) is 3.04. The highest BCUT2D eigenvalue weighted by Crippen LogP contribution is 2.29. The maximum atomic E-state index is 6.79. The molecule has 0 heterocycles. The van der Waals surface area contributed by atoms with E-state index >= 15 is 0 Å². The summed E-state index contributed by atoms with van der Waals surface area (Å²) in [6.45, 7) is 8.78. The van der Waals surface area contributed by atoms with Crippen molar-refractivity contribution in [1.29, 1.82) is 0 Å². The van der Waals surface area contributed by atoms with Gasteiger partial charge in [-0.25, -0.2) is 4.85 Å². The van der Waals surface area contributed by atoms with Gasteiger partial charge in [0.15, 0.2) is 5.69 Å². The summed E-state index contributed by atoms with van der Waals surface area (Å²) >= 11 is 6.73. The highest BCUT2D eigenvalue weighted by Gasteiger charge is 2.01. The Morgan fingerprint density at radius 3 is 2.09 bits per heavy atom. The lowest BCUT2D eigenvalue weighted by Gasteiger charge is -2.00. The van der Waals surface area contributed by atoms with Crippen LogP contribution in [0.3, 0.4) is 0 Å². The minimum Gasteiger partial charge on any atom is -0.238 e. The average molecular weight is 275 g/mol. The lowest BCUT2D eigenvalue weighted by Crippen LogP contribution is -1.76. The number of hydrogen-bond acceptors (Lipinski definition) is 0. The second-order valence-electron chi connectivity index (χ2n) is 2.15. The molecule has 1 nitrogen and oxygen atoms in total. The zero-order chi connectivity index (χ0) is 8.43. The molecule has 0 N–H and O–H groups in total. The Kier molecular flexibility index (Phi) is 2.69. The molecule has 0 fully saturated rings. The molecule has 0 aromatic heterocycles. The smallest absolute Gasteiger partial charge is 0.189 e. The quantitative estimate of drug-likeness (QED) is 0.628. The molecule has 0 saturated carbocycles. The number of rotatable bonds is 0. The van der Waals surface area contributed by atoms with Crippen molar-refractivity contribution in [2.75, 3.05) is 0 Å². The molecule has 0 aliphatic rings. The Balaban J connectivity index is 3.35. The second-order valence-corrected chi connectivity index (χ2v) is 3.85. The average Bonchev–Trinajstić information content (AvgIpc) is 1.99. The molecule has 1 aromatic carbocycles. The lowest BCUT2D eigenvalue weighted by molar-refractivity contribution is 1.40. The number of halogens is 2. The highest BCUT2D eigenvalue weighted by molar-refractivity contribution is 9.11. The van der Waals surface area contributed by atoms with Gasteiger partial charge in [-0.05, 0) is 24.6 Å². The fourth-order valence-corrected chi connectivity index (χ4v) is 1.86. The van der Waals surface area contributed by atoms with Crippen LogP contribution in [0.1, 0.15) is 5.56 Å². The molecule has 0 atom stereocenters. The van der Waals surface area contributed by atoms with Crippen molar-refractivity contribution < 1.29 is 0 Å². The maximum Gasteiger partial charge on any atom is 0.189 e. The fraction of sp³-hybridized carbons (Fsp3) is 0.125. The van der Waals surface area contributed by atoms with Gasteiger partial charge < -0.3 is 0 Å². The Labute approximate surface area is 82.5 Å². The molecule has 0 spiro atoms. The molecule has 0 radical (unpaired) electrons. The molecule has 0 saturated heterocycles. The van der Waals surface area contributed by atoms with Crippen LogP contribution in [-0.4, -0.2) is 0 Å². The van der Waals surface area contributed by atoms with Gasteiger partial charge in [-0.15, -0.1) is 0 Å². The zero-order valence-electron chi connectivity index (χ0n) is 5.86. The van der Waals surface area contributed by atoms with Gasteiger partial charge in [-0.3, -0.25) is 0 Å². The van der Waals surface area contributed by atoms with E-state index in [1.165, 1.54) is 0 Å². The Morgan fingerprint density at radius 2 is 1.73 bits per heavy atom. The van der Waals surface area contributed by atoms with Crippen LogP contribution in [0.2, 0.25) is 0 Å². The van der Waals surface area contributed by atoms with Gasteiger partial charge in [0.05, 0.1) is 6.57 Å². The third-order valence-electron chi connectivity index (χ3n) is 1.39. The maximum absolute atomic E-state index is 6.79.